The average molecular weight is 302 g/mol. The van der Waals surface area contributed by atoms with Gasteiger partial charge < -0.3 is 5.11 Å². The quantitative estimate of drug-likeness (QED) is 0.711. The van der Waals surface area contributed by atoms with E-state index in [9.17, 15) is 4.79 Å². The lowest BCUT2D eigenvalue weighted by Crippen LogP contribution is -1.95. The van der Waals surface area contributed by atoms with Gasteiger partial charge in [-0.25, -0.2) is 4.79 Å². The number of benzene rings is 3. The maximum absolute atomic E-state index is 11.1. The van der Waals surface area contributed by atoms with E-state index in [-0.39, 0.29) is 0 Å². The highest BCUT2D eigenvalue weighted by Crippen LogP contribution is 2.25. The molecule has 0 aliphatic carbocycles. The molecular weight excluding hydrogens is 284 g/mol. The van der Waals surface area contributed by atoms with E-state index in [2.05, 4.69) is 43.3 Å². The first-order valence-corrected chi connectivity index (χ1v) is 7.70. The van der Waals surface area contributed by atoms with Gasteiger partial charge in [-0.15, -0.1) is 0 Å². The summed E-state index contributed by atoms with van der Waals surface area (Å²) in [5.74, 6) is -0.903. The summed E-state index contributed by atoms with van der Waals surface area (Å²) in [6, 6.07) is 23.8. The second-order valence-corrected chi connectivity index (χ2v) is 5.51. The van der Waals surface area contributed by atoms with Crippen molar-refractivity contribution >= 4 is 5.97 Å². The van der Waals surface area contributed by atoms with Gasteiger partial charge in [0.25, 0.3) is 0 Å². The van der Waals surface area contributed by atoms with Crippen LogP contribution in [0.4, 0.5) is 0 Å². The van der Waals surface area contributed by atoms with Gasteiger partial charge in [-0.1, -0.05) is 67.6 Å². The number of hydrogen-bond acceptors (Lipinski definition) is 1. The summed E-state index contributed by atoms with van der Waals surface area (Å²) < 4.78 is 0. The van der Waals surface area contributed by atoms with Gasteiger partial charge in [-0.2, -0.15) is 0 Å². The third-order valence-corrected chi connectivity index (χ3v) is 4.02. The topological polar surface area (TPSA) is 37.3 Å². The number of hydrogen-bond donors (Lipinski definition) is 1. The fourth-order valence-corrected chi connectivity index (χ4v) is 2.62. The van der Waals surface area contributed by atoms with Crippen molar-refractivity contribution in [2.75, 3.05) is 0 Å². The molecule has 2 heteroatoms. The number of aromatic carboxylic acids is 1. The van der Waals surface area contributed by atoms with Crippen LogP contribution in [0.15, 0.2) is 72.8 Å². The summed E-state index contributed by atoms with van der Waals surface area (Å²) in [6.45, 7) is 2.15. The lowest BCUT2D eigenvalue weighted by atomic mass is 9.98. The summed E-state index contributed by atoms with van der Waals surface area (Å²) in [6.07, 6.45) is 1.04. The molecule has 0 bridgehead atoms. The van der Waals surface area contributed by atoms with Crippen molar-refractivity contribution in [1.29, 1.82) is 0 Å². The van der Waals surface area contributed by atoms with Gasteiger partial charge in [0, 0.05) is 0 Å². The largest absolute Gasteiger partial charge is 0.478 e. The van der Waals surface area contributed by atoms with E-state index >= 15 is 0 Å². The van der Waals surface area contributed by atoms with E-state index in [1.54, 1.807) is 18.2 Å². The van der Waals surface area contributed by atoms with Gasteiger partial charge in [0.15, 0.2) is 0 Å². The second kappa shape index (κ2) is 6.49. The Labute approximate surface area is 136 Å². The first kappa shape index (κ1) is 15.0. The van der Waals surface area contributed by atoms with Crippen LogP contribution in [-0.2, 0) is 6.42 Å². The van der Waals surface area contributed by atoms with Crippen molar-refractivity contribution in [2.45, 2.75) is 13.3 Å². The third kappa shape index (κ3) is 3.32. The minimum Gasteiger partial charge on any atom is -0.478 e. The highest BCUT2D eigenvalue weighted by atomic mass is 16.4. The molecule has 0 aromatic heterocycles. The molecule has 0 atom stereocenters. The van der Waals surface area contributed by atoms with Crippen molar-refractivity contribution in [1.82, 2.24) is 0 Å². The van der Waals surface area contributed by atoms with Crippen LogP contribution in [0, 0.1) is 0 Å². The summed E-state index contributed by atoms with van der Waals surface area (Å²) in [7, 11) is 0. The van der Waals surface area contributed by atoms with Gasteiger partial charge in [0.05, 0.1) is 5.56 Å². The minimum atomic E-state index is -0.903. The maximum Gasteiger partial charge on any atom is 0.335 e. The van der Waals surface area contributed by atoms with Crippen molar-refractivity contribution in [3.05, 3.63) is 83.9 Å². The molecule has 0 saturated heterocycles. The van der Waals surface area contributed by atoms with E-state index in [1.807, 2.05) is 18.2 Å². The maximum atomic E-state index is 11.1. The Morgan fingerprint density at radius 2 is 1.30 bits per heavy atom. The molecule has 0 unspecified atom stereocenters. The molecule has 0 radical (unpaired) electrons. The van der Waals surface area contributed by atoms with Gasteiger partial charge in [0.1, 0.15) is 0 Å². The van der Waals surface area contributed by atoms with Crippen LogP contribution in [0.25, 0.3) is 22.3 Å². The predicted molar refractivity (Wildman–Crippen MR) is 93.7 cm³/mol. The Hall–Kier alpha value is -2.87. The Balaban J connectivity index is 1.89. The number of rotatable bonds is 4. The van der Waals surface area contributed by atoms with Crippen LogP contribution in [0.5, 0.6) is 0 Å². The predicted octanol–water partition coefficient (Wildman–Crippen LogP) is 5.28. The molecule has 1 N–H and O–H groups in total. The van der Waals surface area contributed by atoms with Crippen LogP contribution >= 0.6 is 0 Å². The second-order valence-electron chi connectivity index (χ2n) is 5.51. The highest BCUT2D eigenvalue weighted by Gasteiger charge is 2.05. The number of carboxylic acid groups (broad SMARTS) is 1. The van der Waals surface area contributed by atoms with Gasteiger partial charge in [0.2, 0.25) is 0 Å². The SMILES string of the molecule is CCc1ccc(-c2ccc(-c3cccc(C(=O)O)c3)cc2)cc1. The van der Waals surface area contributed by atoms with Gasteiger partial charge in [-0.3, -0.25) is 0 Å². The van der Waals surface area contributed by atoms with Crippen LogP contribution in [0.1, 0.15) is 22.8 Å². The summed E-state index contributed by atoms with van der Waals surface area (Å²) in [4.78, 5) is 11.1. The normalized spacial score (nSPS) is 10.5. The van der Waals surface area contributed by atoms with Crippen LogP contribution < -0.4 is 0 Å². The van der Waals surface area contributed by atoms with E-state index in [0.29, 0.717) is 5.56 Å². The molecule has 0 aliphatic heterocycles. The van der Waals surface area contributed by atoms with E-state index in [0.717, 1.165) is 23.1 Å². The molecule has 0 spiro atoms. The highest BCUT2D eigenvalue weighted by molar-refractivity contribution is 5.89. The molecule has 0 aliphatic rings. The number of carbonyl (C=O) groups is 1. The molecule has 3 rings (SSSR count). The standard InChI is InChI=1S/C21H18O2/c1-2-15-6-8-16(9-7-15)17-10-12-18(13-11-17)19-4-3-5-20(14-19)21(22)23/h3-14H,2H2,1H3,(H,22,23). The number of aryl methyl sites for hydroxylation is 1. The Bertz CT molecular complexity index is 815. The van der Waals surface area contributed by atoms with Crippen molar-refractivity contribution < 1.29 is 9.90 Å². The average Bonchev–Trinajstić information content (AvgIpc) is 2.62. The molecule has 0 fully saturated rings. The minimum absolute atomic E-state index is 0.307. The van der Waals surface area contributed by atoms with Crippen molar-refractivity contribution in [3.8, 4) is 22.3 Å². The fraction of sp³-hybridized carbons (Fsp3) is 0.0952. The van der Waals surface area contributed by atoms with Crippen LogP contribution in [-0.4, -0.2) is 11.1 Å². The monoisotopic (exact) mass is 302 g/mol. The lowest BCUT2D eigenvalue weighted by molar-refractivity contribution is 0.0697. The zero-order valence-electron chi connectivity index (χ0n) is 13.0. The summed E-state index contributed by atoms with van der Waals surface area (Å²) in [5.41, 5.74) is 5.91. The molecular formula is C21H18O2. The molecule has 2 nitrogen and oxygen atoms in total. The molecule has 0 amide bonds. The molecule has 3 aromatic carbocycles. The first-order chi connectivity index (χ1) is 11.2. The van der Waals surface area contributed by atoms with E-state index in [4.69, 9.17) is 5.11 Å². The Morgan fingerprint density at radius 3 is 1.83 bits per heavy atom. The first-order valence-electron chi connectivity index (χ1n) is 7.70. The smallest absolute Gasteiger partial charge is 0.335 e. The summed E-state index contributed by atoms with van der Waals surface area (Å²) in [5, 5.41) is 9.09. The van der Waals surface area contributed by atoms with E-state index < -0.39 is 5.97 Å². The van der Waals surface area contributed by atoms with Crippen LogP contribution in [0.3, 0.4) is 0 Å². The van der Waals surface area contributed by atoms with Gasteiger partial charge in [-0.05, 0) is 46.4 Å². The van der Waals surface area contributed by atoms with Crippen molar-refractivity contribution in [3.63, 3.8) is 0 Å². The Kier molecular flexibility index (Phi) is 4.24. The fourth-order valence-electron chi connectivity index (χ4n) is 2.62. The van der Waals surface area contributed by atoms with E-state index in [1.165, 1.54) is 11.1 Å². The third-order valence-electron chi connectivity index (χ3n) is 4.02. The molecule has 0 saturated carbocycles. The molecule has 3 aromatic rings. The van der Waals surface area contributed by atoms with Gasteiger partial charge >= 0.3 is 5.97 Å². The lowest BCUT2D eigenvalue weighted by Gasteiger charge is -2.06. The van der Waals surface area contributed by atoms with Crippen molar-refractivity contribution in [2.24, 2.45) is 0 Å². The molecule has 0 heterocycles. The number of carboxylic acids is 1. The summed E-state index contributed by atoms with van der Waals surface area (Å²) >= 11 is 0. The molecule has 114 valence electrons. The zero-order valence-corrected chi connectivity index (χ0v) is 13.0. The zero-order chi connectivity index (χ0) is 16.2. The molecule has 23 heavy (non-hydrogen) atoms. The van der Waals surface area contributed by atoms with Crippen LogP contribution in [0.2, 0.25) is 0 Å². The Morgan fingerprint density at radius 1 is 0.783 bits per heavy atom.